The lowest BCUT2D eigenvalue weighted by Crippen LogP contribution is -2.39. The number of nitrogens with one attached hydrogen (secondary N) is 2. The molecule has 2 heterocycles. The van der Waals surface area contributed by atoms with Gasteiger partial charge in [-0.1, -0.05) is 6.07 Å². The monoisotopic (exact) mass is 474 g/mol. The standard InChI is InChI=1S/C17H22N4O2S.HI/c1-12-10-21-16(24-12)6-8-20-17(18-2)19-7-5-13-3-4-14-15(9-13)23-11-22-14;/h3-4,9-10H,5-8,11H2,1-2H3,(H2,18,19,20);1H. The number of guanidine groups is 1. The van der Waals surface area contributed by atoms with Crippen molar-refractivity contribution >= 4 is 41.3 Å². The van der Waals surface area contributed by atoms with Gasteiger partial charge in [0.25, 0.3) is 0 Å². The van der Waals surface area contributed by atoms with Crippen molar-refractivity contribution in [3.63, 3.8) is 0 Å². The van der Waals surface area contributed by atoms with Gasteiger partial charge in [0, 0.05) is 37.6 Å². The Bertz CT molecular complexity index is 720. The van der Waals surface area contributed by atoms with E-state index < -0.39 is 0 Å². The van der Waals surface area contributed by atoms with E-state index in [2.05, 4.69) is 33.6 Å². The minimum absolute atomic E-state index is 0. The first-order valence-electron chi connectivity index (χ1n) is 7.99. The zero-order valence-electron chi connectivity index (χ0n) is 14.4. The van der Waals surface area contributed by atoms with E-state index in [0.29, 0.717) is 6.79 Å². The van der Waals surface area contributed by atoms with Gasteiger partial charge in [-0.15, -0.1) is 35.3 Å². The summed E-state index contributed by atoms with van der Waals surface area (Å²) in [4.78, 5) is 9.86. The molecule has 3 rings (SSSR count). The Hall–Kier alpha value is -1.55. The summed E-state index contributed by atoms with van der Waals surface area (Å²) in [5.74, 6) is 2.46. The van der Waals surface area contributed by atoms with Crippen LogP contribution in [-0.2, 0) is 12.8 Å². The third-order valence-corrected chi connectivity index (χ3v) is 4.64. The van der Waals surface area contributed by atoms with Crippen molar-refractivity contribution in [1.82, 2.24) is 15.6 Å². The molecule has 1 aliphatic heterocycles. The fourth-order valence-corrected chi connectivity index (χ4v) is 3.23. The maximum Gasteiger partial charge on any atom is 0.231 e. The second-order valence-corrected chi connectivity index (χ2v) is 6.80. The SMILES string of the molecule is CN=C(NCCc1ccc2c(c1)OCO2)NCCc1ncc(C)s1.I. The molecule has 6 nitrogen and oxygen atoms in total. The number of rotatable bonds is 6. The van der Waals surface area contributed by atoms with E-state index in [1.807, 2.05) is 18.3 Å². The number of benzene rings is 1. The summed E-state index contributed by atoms with van der Waals surface area (Å²) in [5, 5.41) is 7.79. The number of ether oxygens (including phenoxy) is 2. The first kappa shape index (κ1) is 19.8. The molecule has 8 heteroatoms. The molecule has 0 amide bonds. The van der Waals surface area contributed by atoms with E-state index in [9.17, 15) is 0 Å². The van der Waals surface area contributed by atoms with Crippen LogP contribution < -0.4 is 20.1 Å². The summed E-state index contributed by atoms with van der Waals surface area (Å²) in [6.45, 7) is 4.00. The summed E-state index contributed by atoms with van der Waals surface area (Å²) in [5.41, 5.74) is 1.21. The Morgan fingerprint density at radius 3 is 2.68 bits per heavy atom. The fourth-order valence-electron chi connectivity index (χ4n) is 2.45. The minimum Gasteiger partial charge on any atom is -0.454 e. The molecule has 0 fully saturated rings. The molecule has 0 spiro atoms. The van der Waals surface area contributed by atoms with Crippen LogP contribution in [0.15, 0.2) is 29.4 Å². The number of aromatic nitrogens is 1. The van der Waals surface area contributed by atoms with Crippen molar-refractivity contribution in [2.24, 2.45) is 4.99 Å². The van der Waals surface area contributed by atoms with E-state index in [1.54, 1.807) is 18.4 Å². The van der Waals surface area contributed by atoms with E-state index in [-0.39, 0.29) is 24.0 Å². The van der Waals surface area contributed by atoms with Crippen LogP contribution in [0.2, 0.25) is 0 Å². The Balaban J connectivity index is 0.00000225. The van der Waals surface area contributed by atoms with Crippen molar-refractivity contribution in [1.29, 1.82) is 0 Å². The predicted molar refractivity (Wildman–Crippen MR) is 112 cm³/mol. The lowest BCUT2D eigenvalue weighted by molar-refractivity contribution is 0.174. The Kier molecular flexibility index (Phi) is 7.76. The highest BCUT2D eigenvalue weighted by Crippen LogP contribution is 2.32. The van der Waals surface area contributed by atoms with Gasteiger partial charge in [0.05, 0.1) is 5.01 Å². The summed E-state index contributed by atoms with van der Waals surface area (Å²) in [6, 6.07) is 6.06. The minimum atomic E-state index is 0. The average molecular weight is 474 g/mol. The molecule has 2 N–H and O–H groups in total. The smallest absolute Gasteiger partial charge is 0.231 e. The number of nitrogens with zero attached hydrogens (tertiary/aromatic N) is 2. The summed E-state index contributed by atoms with van der Waals surface area (Å²) in [7, 11) is 1.78. The molecule has 2 aromatic rings. The summed E-state index contributed by atoms with van der Waals surface area (Å²) in [6.07, 6.45) is 3.71. The van der Waals surface area contributed by atoms with E-state index in [1.165, 1.54) is 10.4 Å². The highest BCUT2D eigenvalue weighted by molar-refractivity contribution is 14.0. The topological polar surface area (TPSA) is 67.8 Å². The largest absolute Gasteiger partial charge is 0.454 e. The van der Waals surface area contributed by atoms with E-state index in [0.717, 1.165) is 48.4 Å². The normalized spacial score (nSPS) is 12.6. The molecular formula is C17H23IN4O2S. The summed E-state index contributed by atoms with van der Waals surface area (Å²) >= 11 is 1.74. The Morgan fingerprint density at radius 2 is 1.96 bits per heavy atom. The van der Waals surface area contributed by atoms with Crippen molar-refractivity contribution in [2.75, 3.05) is 26.9 Å². The van der Waals surface area contributed by atoms with Crippen LogP contribution in [0.1, 0.15) is 15.4 Å². The molecule has 0 atom stereocenters. The number of hydrogen-bond acceptors (Lipinski definition) is 5. The quantitative estimate of drug-likeness (QED) is 0.383. The van der Waals surface area contributed by atoms with Crippen LogP contribution in [0.4, 0.5) is 0 Å². The lowest BCUT2D eigenvalue weighted by Gasteiger charge is -2.11. The first-order valence-corrected chi connectivity index (χ1v) is 8.80. The van der Waals surface area contributed by atoms with Gasteiger partial charge in [-0.2, -0.15) is 0 Å². The number of hydrogen-bond donors (Lipinski definition) is 2. The number of halogens is 1. The van der Waals surface area contributed by atoms with Crippen LogP contribution in [0.3, 0.4) is 0 Å². The van der Waals surface area contributed by atoms with Crippen molar-refractivity contribution in [3.05, 3.63) is 39.8 Å². The molecule has 0 aliphatic carbocycles. The molecule has 25 heavy (non-hydrogen) atoms. The van der Waals surface area contributed by atoms with Crippen molar-refractivity contribution < 1.29 is 9.47 Å². The zero-order chi connectivity index (χ0) is 16.8. The van der Waals surface area contributed by atoms with Crippen LogP contribution in [-0.4, -0.2) is 37.9 Å². The van der Waals surface area contributed by atoms with Crippen LogP contribution in [0.25, 0.3) is 0 Å². The average Bonchev–Trinajstić information content (AvgIpc) is 3.21. The molecule has 136 valence electrons. The molecule has 0 saturated heterocycles. The van der Waals surface area contributed by atoms with Gasteiger partial charge in [0.1, 0.15) is 0 Å². The van der Waals surface area contributed by atoms with Gasteiger partial charge in [-0.3, -0.25) is 4.99 Å². The van der Waals surface area contributed by atoms with Crippen LogP contribution in [0.5, 0.6) is 11.5 Å². The maximum atomic E-state index is 5.40. The van der Waals surface area contributed by atoms with Crippen molar-refractivity contribution in [3.8, 4) is 11.5 Å². The number of aryl methyl sites for hydroxylation is 1. The first-order chi connectivity index (χ1) is 11.7. The van der Waals surface area contributed by atoms with Gasteiger partial charge < -0.3 is 20.1 Å². The van der Waals surface area contributed by atoms with Crippen molar-refractivity contribution in [2.45, 2.75) is 19.8 Å². The molecule has 0 saturated carbocycles. The fraction of sp³-hybridized carbons (Fsp3) is 0.412. The zero-order valence-corrected chi connectivity index (χ0v) is 17.5. The third-order valence-electron chi connectivity index (χ3n) is 3.67. The third kappa shape index (κ3) is 5.74. The lowest BCUT2D eigenvalue weighted by atomic mass is 10.1. The highest BCUT2D eigenvalue weighted by Gasteiger charge is 2.12. The van der Waals surface area contributed by atoms with Gasteiger partial charge in [0.2, 0.25) is 6.79 Å². The highest BCUT2D eigenvalue weighted by atomic mass is 127. The molecular weight excluding hydrogens is 451 g/mol. The Labute approximate surface area is 169 Å². The second-order valence-electron chi connectivity index (χ2n) is 5.48. The predicted octanol–water partition coefficient (Wildman–Crippen LogP) is 2.75. The van der Waals surface area contributed by atoms with Gasteiger partial charge in [-0.05, 0) is 31.0 Å². The molecule has 0 radical (unpaired) electrons. The van der Waals surface area contributed by atoms with Gasteiger partial charge in [0.15, 0.2) is 17.5 Å². The second kappa shape index (κ2) is 9.81. The number of aliphatic imine (C=N–C) groups is 1. The van der Waals surface area contributed by atoms with Crippen LogP contribution in [0, 0.1) is 6.92 Å². The molecule has 0 bridgehead atoms. The molecule has 1 aromatic carbocycles. The Morgan fingerprint density at radius 1 is 1.20 bits per heavy atom. The van der Waals surface area contributed by atoms with E-state index in [4.69, 9.17) is 9.47 Å². The maximum absolute atomic E-state index is 5.40. The van der Waals surface area contributed by atoms with Crippen LogP contribution >= 0.6 is 35.3 Å². The van der Waals surface area contributed by atoms with Gasteiger partial charge >= 0.3 is 0 Å². The molecule has 1 aliphatic rings. The number of thiazole rings is 1. The molecule has 1 aromatic heterocycles. The van der Waals surface area contributed by atoms with E-state index >= 15 is 0 Å². The van der Waals surface area contributed by atoms with Gasteiger partial charge in [-0.25, -0.2) is 4.98 Å². The number of fused-ring (bicyclic) bond motifs is 1. The molecule has 0 unspecified atom stereocenters. The summed E-state index contributed by atoms with van der Waals surface area (Å²) < 4.78 is 10.7.